The highest BCUT2D eigenvalue weighted by atomic mass is 79.9. The second kappa shape index (κ2) is 6.08. The molecule has 0 saturated carbocycles. The lowest BCUT2D eigenvalue weighted by atomic mass is 9.98. The first kappa shape index (κ1) is 14.4. The molecule has 0 saturated heterocycles. The standard InChI is InChI=1S/C18H14BrClO/c1-21-17-10-9-13(11-16(17)19)18(20)15-8-4-6-12-5-2-3-7-14(12)15/h2-11,18H,1H3. The minimum Gasteiger partial charge on any atom is -0.496 e. The molecule has 0 bridgehead atoms. The maximum atomic E-state index is 6.72. The van der Waals surface area contributed by atoms with Gasteiger partial charge in [-0.15, -0.1) is 11.6 Å². The molecule has 0 radical (unpaired) electrons. The van der Waals surface area contributed by atoms with Crippen molar-refractivity contribution in [3.63, 3.8) is 0 Å². The molecule has 0 aromatic heterocycles. The van der Waals surface area contributed by atoms with E-state index < -0.39 is 0 Å². The fraction of sp³-hybridized carbons (Fsp3) is 0.111. The van der Waals surface area contributed by atoms with Crippen LogP contribution in [0.15, 0.2) is 65.1 Å². The van der Waals surface area contributed by atoms with Crippen LogP contribution in [0.5, 0.6) is 5.75 Å². The van der Waals surface area contributed by atoms with Crippen molar-refractivity contribution in [1.82, 2.24) is 0 Å². The second-order valence-corrected chi connectivity index (χ2v) is 6.12. The molecular weight excluding hydrogens is 348 g/mol. The molecule has 1 atom stereocenters. The predicted octanol–water partition coefficient (Wildman–Crippen LogP) is 5.94. The van der Waals surface area contributed by atoms with Gasteiger partial charge >= 0.3 is 0 Å². The Morgan fingerprint density at radius 1 is 1.00 bits per heavy atom. The Labute approximate surface area is 137 Å². The Hall–Kier alpha value is -1.51. The molecule has 0 spiro atoms. The molecule has 0 heterocycles. The molecule has 1 unspecified atom stereocenters. The summed E-state index contributed by atoms with van der Waals surface area (Å²) in [6, 6.07) is 20.5. The van der Waals surface area contributed by atoms with Gasteiger partial charge in [0.15, 0.2) is 0 Å². The zero-order chi connectivity index (χ0) is 14.8. The van der Waals surface area contributed by atoms with E-state index in [9.17, 15) is 0 Å². The van der Waals surface area contributed by atoms with Gasteiger partial charge in [-0.25, -0.2) is 0 Å². The van der Waals surface area contributed by atoms with E-state index in [1.165, 1.54) is 10.8 Å². The summed E-state index contributed by atoms with van der Waals surface area (Å²) in [6.45, 7) is 0. The average Bonchev–Trinajstić information content (AvgIpc) is 2.53. The fourth-order valence-electron chi connectivity index (χ4n) is 2.49. The van der Waals surface area contributed by atoms with Gasteiger partial charge in [-0.2, -0.15) is 0 Å². The van der Waals surface area contributed by atoms with Crippen LogP contribution >= 0.6 is 27.5 Å². The molecule has 0 fully saturated rings. The van der Waals surface area contributed by atoms with Crippen LogP contribution < -0.4 is 4.74 Å². The van der Waals surface area contributed by atoms with Crippen LogP contribution in [0, 0.1) is 0 Å². The number of hydrogen-bond acceptors (Lipinski definition) is 1. The van der Waals surface area contributed by atoms with Crippen molar-refractivity contribution in [2.45, 2.75) is 5.38 Å². The van der Waals surface area contributed by atoms with Gasteiger partial charge in [0.25, 0.3) is 0 Å². The van der Waals surface area contributed by atoms with Crippen LogP contribution in [0.3, 0.4) is 0 Å². The van der Waals surface area contributed by atoms with E-state index in [0.717, 1.165) is 21.3 Å². The quantitative estimate of drug-likeness (QED) is 0.525. The molecule has 1 nitrogen and oxygen atoms in total. The van der Waals surface area contributed by atoms with Gasteiger partial charge in [0, 0.05) is 0 Å². The molecule has 106 valence electrons. The van der Waals surface area contributed by atoms with E-state index in [1.807, 2.05) is 36.4 Å². The zero-order valence-corrected chi connectivity index (χ0v) is 13.9. The minimum atomic E-state index is -0.196. The lowest BCUT2D eigenvalue weighted by Gasteiger charge is -2.14. The van der Waals surface area contributed by atoms with Gasteiger partial charge in [0.05, 0.1) is 17.0 Å². The highest BCUT2D eigenvalue weighted by molar-refractivity contribution is 9.10. The maximum Gasteiger partial charge on any atom is 0.133 e. The molecule has 3 heteroatoms. The van der Waals surface area contributed by atoms with Crippen molar-refractivity contribution in [3.8, 4) is 5.75 Å². The summed E-state index contributed by atoms with van der Waals surface area (Å²) < 4.78 is 6.18. The molecular formula is C18H14BrClO. The van der Waals surface area contributed by atoms with E-state index in [2.05, 4.69) is 40.2 Å². The molecule has 3 aromatic rings. The highest BCUT2D eigenvalue weighted by Gasteiger charge is 2.15. The molecule has 0 aliphatic rings. The number of rotatable bonds is 3. The summed E-state index contributed by atoms with van der Waals surface area (Å²) in [5.41, 5.74) is 2.16. The number of benzene rings is 3. The molecule has 0 aliphatic carbocycles. The first-order chi connectivity index (χ1) is 10.2. The predicted molar refractivity (Wildman–Crippen MR) is 92.3 cm³/mol. The minimum absolute atomic E-state index is 0.196. The normalized spacial score (nSPS) is 12.3. The molecule has 0 aliphatic heterocycles. The largest absolute Gasteiger partial charge is 0.496 e. The summed E-state index contributed by atoms with van der Waals surface area (Å²) >= 11 is 10.2. The van der Waals surface area contributed by atoms with Crippen LogP contribution in [-0.2, 0) is 0 Å². The van der Waals surface area contributed by atoms with E-state index in [4.69, 9.17) is 16.3 Å². The number of halogens is 2. The van der Waals surface area contributed by atoms with Gasteiger partial charge in [-0.05, 0) is 50.0 Å². The molecule has 21 heavy (non-hydrogen) atoms. The number of hydrogen-bond donors (Lipinski definition) is 0. The van der Waals surface area contributed by atoms with Crippen molar-refractivity contribution < 1.29 is 4.74 Å². The molecule has 0 N–H and O–H groups in total. The van der Waals surface area contributed by atoms with E-state index in [1.54, 1.807) is 7.11 Å². The van der Waals surface area contributed by atoms with Gasteiger partial charge in [-0.1, -0.05) is 48.5 Å². The van der Waals surface area contributed by atoms with Gasteiger partial charge in [0.1, 0.15) is 5.75 Å². The van der Waals surface area contributed by atoms with Gasteiger partial charge in [-0.3, -0.25) is 0 Å². The van der Waals surface area contributed by atoms with Crippen LogP contribution in [0.25, 0.3) is 10.8 Å². The maximum absolute atomic E-state index is 6.72. The SMILES string of the molecule is COc1ccc(C(Cl)c2cccc3ccccc23)cc1Br. The third kappa shape index (κ3) is 2.78. The first-order valence-electron chi connectivity index (χ1n) is 6.66. The van der Waals surface area contributed by atoms with Crippen LogP contribution in [0.4, 0.5) is 0 Å². The third-order valence-corrected chi connectivity index (χ3v) is 4.67. The van der Waals surface area contributed by atoms with E-state index in [0.29, 0.717) is 0 Å². The molecule has 3 rings (SSSR count). The van der Waals surface area contributed by atoms with Crippen LogP contribution in [0.2, 0.25) is 0 Å². The molecule has 3 aromatic carbocycles. The van der Waals surface area contributed by atoms with Crippen molar-refractivity contribution >= 4 is 38.3 Å². The lowest BCUT2D eigenvalue weighted by Crippen LogP contribution is -1.95. The number of methoxy groups -OCH3 is 1. The third-order valence-electron chi connectivity index (χ3n) is 3.56. The van der Waals surface area contributed by atoms with Crippen molar-refractivity contribution in [1.29, 1.82) is 0 Å². The van der Waals surface area contributed by atoms with E-state index >= 15 is 0 Å². The Balaban J connectivity index is 2.08. The van der Waals surface area contributed by atoms with Gasteiger partial charge < -0.3 is 4.74 Å². The smallest absolute Gasteiger partial charge is 0.133 e. The summed E-state index contributed by atoms with van der Waals surface area (Å²) in [5.74, 6) is 0.806. The van der Waals surface area contributed by atoms with Crippen LogP contribution in [0.1, 0.15) is 16.5 Å². The van der Waals surface area contributed by atoms with Crippen molar-refractivity contribution in [2.75, 3.05) is 7.11 Å². The summed E-state index contributed by atoms with van der Waals surface area (Å²) in [5, 5.41) is 2.19. The summed E-state index contributed by atoms with van der Waals surface area (Å²) in [7, 11) is 1.66. The zero-order valence-electron chi connectivity index (χ0n) is 11.5. The van der Waals surface area contributed by atoms with Gasteiger partial charge in [0.2, 0.25) is 0 Å². The number of alkyl halides is 1. The Bertz CT molecular complexity index is 780. The Kier molecular flexibility index (Phi) is 4.18. The second-order valence-electron chi connectivity index (χ2n) is 4.82. The average molecular weight is 362 g/mol. The number of fused-ring (bicyclic) bond motifs is 1. The topological polar surface area (TPSA) is 9.23 Å². The van der Waals surface area contributed by atoms with Crippen molar-refractivity contribution in [2.24, 2.45) is 0 Å². The number of ether oxygens (including phenoxy) is 1. The van der Waals surface area contributed by atoms with Crippen LogP contribution in [-0.4, -0.2) is 7.11 Å². The fourth-order valence-corrected chi connectivity index (χ4v) is 3.38. The monoisotopic (exact) mass is 360 g/mol. The summed E-state index contributed by atoms with van der Waals surface area (Å²) in [6.07, 6.45) is 0. The first-order valence-corrected chi connectivity index (χ1v) is 7.89. The van der Waals surface area contributed by atoms with E-state index in [-0.39, 0.29) is 5.38 Å². The Morgan fingerprint density at radius 3 is 2.52 bits per heavy atom. The highest BCUT2D eigenvalue weighted by Crippen LogP contribution is 2.36. The summed E-state index contributed by atoms with van der Waals surface area (Å²) in [4.78, 5) is 0. The molecule has 0 amide bonds. The lowest BCUT2D eigenvalue weighted by molar-refractivity contribution is 0.412. The Morgan fingerprint density at radius 2 is 1.76 bits per heavy atom. The van der Waals surface area contributed by atoms with Crippen molar-refractivity contribution in [3.05, 3.63) is 76.3 Å².